The highest BCUT2D eigenvalue weighted by Gasteiger charge is 2.22. The van der Waals surface area contributed by atoms with Gasteiger partial charge in [-0.2, -0.15) is 0 Å². The first-order valence-corrected chi connectivity index (χ1v) is 7.41. The van der Waals surface area contributed by atoms with Crippen molar-refractivity contribution in [3.05, 3.63) is 34.3 Å². The molecule has 2 aromatic rings. The number of likely N-dealkylation sites (N-methyl/N-ethyl adjacent to an activating group) is 1. The molecule has 2 heterocycles. The number of para-hydroxylation sites is 2. The summed E-state index contributed by atoms with van der Waals surface area (Å²) in [6, 6.07) is 7.71. The van der Waals surface area contributed by atoms with Crippen molar-refractivity contribution in [2.45, 2.75) is 12.6 Å². The van der Waals surface area contributed by atoms with Crippen molar-refractivity contribution >= 4 is 23.1 Å². The van der Waals surface area contributed by atoms with Crippen LogP contribution in [0.4, 0.5) is 0 Å². The van der Waals surface area contributed by atoms with Gasteiger partial charge in [-0.3, -0.25) is 4.90 Å². The smallest absolute Gasteiger partial charge is 0.161 e. The molecule has 1 aliphatic heterocycles. The molecular formula is C13H14ClN3O2S. The highest BCUT2D eigenvalue weighted by Crippen LogP contribution is 2.31. The average molecular weight is 312 g/mol. The Morgan fingerprint density at radius 1 is 1.40 bits per heavy atom. The van der Waals surface area contributed by atoms with Crippen LogP contribution in [0, 0.1) is 0 Å². The number of ether oxygens (including phenoxy) is 2. The van der Waals surface area contributed by atoms with Gasteiger partial charge in [-0.25, -0.2) is 0 Å². The van der Waals surface area contributed by atoms with Crippen LogP contribution in [0.3, 0.4) is 0 Å². The van der Waals surface area contributed by atoms with E-state index in [4.69, 9.17) is 21.1 Å². The lowest BCUT2D eigenvalue weighted by atomic mass is 10.2. The van der Waals surface area contributed by atoms with Gasteiger partial charge in [0.05, 0.1) is 0 Å². The number of hydrogen-bond acceptors (Lipinski definition) is 6. The normalized spacial score (nSPS) is 17.4. The molecule has 3 rings (SSSR count). The summed E-state index contributed by atoms with van der Waals surface area (Å²) in [7, 11) is 2.00. The van der Waals surface area contributed by atoms with Gasteiger partial charge in [0.25, 0.3) is 0 Å². The Labute approximate surface area is 126 Å². The maximum atomic E-state index is 6.00. The Morgan fingerprint density at radius 2 is 2.20 bits per heavy atom. The molecule has 1 aromatic heterocycles. The van der Waals surface area contributed by atoms with Gasteiger partial charge in [-0.15, -0.1) is 5.10 Å². The lowest BCUT2D eigenvalue weighted by molar-refractivity contribution is 0.0635. The summed E-state index contributed by atoms with van der Waals surface area (Å²) in [5.41, 5.74) is 0.802. The molecule has 1 aromatic carbocycles. The lowest BCUT2D eigenvalue weighted by Gasteiger charge is -2.29. The molecule has 1 atom stereocenters. The molecule has 0 aliphatic carbocycles. The van der Waals surface area contributed by atoms with Crippen LogP contribution in [-0.2, 0) is 6.54 Å². The standard InChI is InChI=1S/C13H14ClN3O2S/c1-17(7-10-13(14)20-16-15-10)6-9-8-18-11-4-2-3-5-12(11)19-9/h2-5,9H,6-8H2,1H3/t9-/m1/s1. The minimum Gasteiger partial charge on any atom is -0.486 e. The number of halogens is 1. The molecule has 0 radical (unpaired) electrons. The van der Waals surface area contributed by atoms with Gasteiger partial charge < -0.3 is 9.47 Å². The fourth-order valence-electron chi connectivity index (χ4n) is 2.11. The van der Waals surface area contributed by atoms with E-state index >= 15 is 0 Å². The molecule has 0 N–H and O–H groups in total. The van der Waals surface area contributed by atoms with Crippen molar-refractivity contribution in [2.75, 3.05) is 20.2 Å². The Hall–Kier alpha value is -1.37. The zero-order chi connectivity index (χ0) is 13.9. The topological polar surface area (TPSA) is 47.5 Å². The molecule has 20 heavy (non-hydrogen) atoms. The third-order valence-corrected chi connectivity index (χ3v) is 4.00. The van der Waals surface area contributed by atoms with Crippen molar-refractivity contribution in [3.63, 3.8) is 0 Å². The molecule has 7 heteroatoms. The van der Waals surface area contributed by atoms with Gasteiger partial charge in [0.2, 0.25) is 0 Å². The Bertz CT molecular complexity index is 593. The average Bonchev–Trinajstić information content (AvgIpc) is 2.84. The summed E-state index contributed by atoms with van der Waals surface area (Å²) in [5.74, 6) is 1.60. The molecule has 106 valence electrons. The molecule has 0 saturated heterocycles. The van der Waals surface area contributed by atoms with Crippen LogP contribution in [0.15, 0.2) is 24.3 Å². The van der Waals surface area contributed by atoms with E-state index in [1.54, 1.807) is 0 Å². The first-order chi connectivity index (χ1) is 9.72. The van der Waals surface area contributed by atoms with E-state index in [0.717, 1.165) is 23.7 Å². The summed E-state index contributed by atoms with van der Waals surface area (Å²) in [4.78, 5) is 2.10. The van der Waals surface area contributed by atoms with Crippen LogP contribution in [0.2, 0.25) is 4.34 Å². The summed E-state index contributed by atoms with van der Waals surface area (Å²) < 4.78 is 16.1. The molecule has 0 amide bonds. The number of hydrogen-bond donors (Lipinski definition) is 0. The number of benzene rings is 1. The molecule has 1 aliphatic rings. The zero-order valence-corrected chi connectivity index (χ0v) is 12.5. The second-order valence-electron chi connectivity index (χ2n) is 4.69. The number of nitrogens with zero attached hydrogens (tertiary/aromatic N) is 3. The molecule has 0 saturated carbocycles. The van der Waals surface area contributed by atoms with Gasteiger partial charge in [0.1, 0.15) is 22.7 Å². The van der Waals surface area contributed by atoms with E-state index in [-0.39, 0.29) is 6.10 Å². The molecule has 0 fully saturated rings. The summed E-state index contributed by atoms with van der Waals surface area (Å²) in [5, 5.41) is 4.01. The highest BCUT2D eigenvalue weighted by molar-refractivity contribution is 7.10. The highest BCUT2D eigenvalue weighted by atomic mass is 35.5. The predicted octanol–water partition coefficient (Wildman–Crippen LogP) is 2.46. The largest absolute Gasteiger partial charge is 0.486 e. The first kappa shape index (κ1) is 13.6. The van der Waals surface area contributed by atoms with E-state index in [1.165, 1.54) is 11.5 Å². The molecule has 0 spiro atoms. The van der Waals surface area contributed by atoms with Crippen molar-refractivity contribution in [1.82, 2.24) is 14.5 Å². The molecule has 0 bridgehead atoms. The molecule has 5 nitrogen and oxygen atoms in total. The third-order valence-electron chi connectivity index (χ3n) is 3.01. The fourth-order valence-corrected chi connectivity index (χ4v) is 2.72. The predicted molar refractivity (Wildman–Crippen MR) is 77.6 cm³/mol. The zero-order valence-electron chi connectivity index (χ0n) is 11.0. The molecule has 0 unspecified atom stereocenters. The maximum absolute atomic E-state index is 6.00. The van der Waals surface area contributed by atoms with Gasteiger partial charge >= 0.3 is 0 Å². The van der Waals surface area contributed by atoms with Crippen molar-refractivity contribution in [3.8, 4) is 11.5 Å². The summed E-state index contributed by atoms with van der Waals surface area (Å²) in [6.45, 7) is 1.93. The SMILES string of the molecule is CN(Cc1nnsc1Cl)C[C@@H]1COc2ccccc2O1. The second-order valence-corrected chi connectivity index (χ2v) is 6.04. The third kappa shape index (κ3) is 3.03. The minimum atomic E-state index is 0.000250. The van der Waals surface area contributed by atoms with E-state index in [0.29, 0.717) is 17.5 Å². The van der Waals surface area contributed by atoms with E-state index in [1.807, 2.05) is 31.3 Å². The van der Waals surface area contributed by atoms with Crippen LogP contribution in [0.1, 0.15) is 5.69 Å². The monoisotopic (exact) mass is 311 g/mol. The number of aromatic nitrogens is 2. The van der Waals surface area contributed by atoms with Crippen molar-refractivity contribution < 1.29 is 9.47 Å². The van der Waals surface area contributed by atoms with Crippen molar-refractivity contribution in [1.29, 1.82) is 0 Å². The van der Waals surface area contributed by atoms with Crippen molar-refractivity contribution in [2.24, 2.45) is 0 Å². The number of rotatable bonds is 4. The van der Waals surface area contributed by atoms with E-state index in [9.17, 15) is 0 Å². The maximum Gasteiger partial charge on any atom is 0.161 e. The lowest BCUT2D eigenvalue weighted by Crippen LogP contribution is -2.39. The van der Waals surface area contributed by atoms with E-state index in [2.05, 4.69) is 14.5 Å². The Morgan fingerprint density at radius 3 is 2.95 bits per heavy atom. The van der Waals surface area contributed by atoms with Crippen LogP contribution in [0.5, 0.6) is 11.5 Å². The van der Waals surface area contributed by atoms with E-state index < -0.39 is 0 Å². The quantitative estimate of drug-likeness (QED) is 0.868. The van der Waals surface area contributed by atoms with Crippen LogP contribution in [-0.4, -0.2) is 40.8 Å². The Kier molecular flexibility index (Phi) is 4.05. The summed E-state index contributed by atoms with van der Waals surface area (Å²) in [6.07, 6.45) is 0.000250. The van der Waals surface area contributed by atoms with Gasteiger partial charge in [-0.05, 0) is 19.2 Å². The number of fused-ring (bicyclic) bond motifs is 1. The fraction of sp³-hybridized carbons (Fsp3) is 0.385. The first-order valence-electron chi connectivity index (χ1n) is 6.26. The van der Waals surface area contributed by atoms with Crippen LogP contribution in [0.25, 0.3) is 0 Å². The molecular weight excluding hydrogens is 298 g/mol. The van der Waals surface area contributed by atoms with Crippen LogP contribution < -0.4 is 9.47 Å². The Balaban J connectivity index is 1.58. The second kappa shape index (κ2) is 5.95. The summed E-state index contributed by atoms with van der Waals surface area (Å²) >= 11 is 7.21. The minimum absolute atomic E-state index is 0.000250. The van der Waals surface area contributed by atoms with Gasteiger partial charge in [0.15, 0.2) is 11.5 Å². The van der Waals surface area contributed by atoms with Gasteiger partial charge in [0, 0.05) is 24.6 Å². The van der Waals surface area contributed by atoms with Gasteiger partial charge in [-0.1, -0.05) is 28.2 Å². The van der Waals surface area contributed by atoms with Crippen LogP contribution >= 0.6 is 23.1 Å².